The molecule has 0 radical (unpaired) electrons. The van der Waals surface area contributed by atoms with Crippen LogP contribution in [0.15, 0.2) is 18.2 Å². The average molecular weight is 285 g/mol. The van der Waals surface area contributed by atoms with Gasteiger partial charge in [0.1, 0.15) is 0 Å². The number of carbonyl (C=O) groups is 1. The van der Waals surface area contributed by atoms with Crippen molar-refractivity contribution in [2.45, 2.75) is 6.10 Å². The third-order valence-electron chi connectivity index (χ3n) is 2.87. The fraction of sp³-hybridized carbons (Fsp3) is 0.462. The van der Waals surface area contributed by atoms with Crippen LogP contribution in [0.25, 0.3) is 0 Å². The molecule has 104 valence electrons. The van der Waals surface area contributed by atoms with Gasteiger partial charge in [-0.1, -0.05) is 11.6 Å². The minimum Gasteiger partial charge on any atom is -0.387 e. The van der Waals surface area contributed by atoms with Crippen molar-refractivity contribution in [2.75, 3.05) is 38.7 Å². The molecule has 0 spiro atoms. The summed E-state index contributed by atoms with van der Waals surface area (Å²) in [6.07, 6.45) is -0.0880. The Balaban J connectivity index is 1.97. The van der Waals surface area contributed by atoms with E-state index < -0.39 is 0 Å². The van der Waals surface area contributed by atoms with Crippen molar-refractivity contribution in [3.8, 4) is 0 Å². The Labute approximate surface area is 117 Å². The second kappa shape index (κ2) is 6.75. The average Bonchev–Trinajstić information content (AvgIpc) is 2.46. The summed E-state index contributed by atoms with van der Waals surface area (Å²) in [6.45, 7) is 2.12. The maximum atomic E-state index is 12.1. The van der Waals surface area contributed by atoms with Crippen molar-refractivity contribution in [3.05, 3.63) is 28.8 Å². The van der Waals surface area contributed by atoms with Crippen LogP contribution in [0.4, 0.5) is 5.69 Å². The topological polar surface area (TPSA) is 59.6 Å². The molecule has 6 heteroatoms. The number of carbonyl (C=O) groups excluding carboxylic acids is 1. The number of hydrogen-bond acceptors (Lipinski definition) is 4. The number of amides is 1. The SMILES string of the molecule is CNc1ccc(Cl)cc1C(=O)NCC1COCCO1. The van der Waals surface area contributed by atoms with Gasteiger partial charge in [-0.05, 0) is 18.2 Å². The van der Waals surface area contributed by atoms with E-state index in [-0.39, 0.29) is 12.0 Å². The highest BCUT2D eigenvalue weighted by Gasteiger charge is 2.17. The lowest BCUT2D eigenvalue weighted by molar-refractivity contribution is -0.0855. The molecule has 1 unspecified atom stereocenters. The molecule has 19 heavy (non-hydrogen) atoms. The Morgan fingerprint density at radius 2 is 2.32 bits per heavy atom. The third-order valence-corrected chi connectivity index (χ3v) is 3.11. The maximum Gasteiger partial charge on any atom is 0.253 e. The second-order valence-electron chi connectivity index (χ2n) is 4.22. The van der Waals surface area contributed by atoms with Gasteiger partial charge in [0.25, 0.3) is 5.91 Å². The summed E-state index contributed by atoms with van der Waals surface area (Å²) in [7, 11) is 1.76. The van der Waals surface area contributed by atoms with Gasteiger partial charge >= 0.3 is 0 Å². The maximum absolute atomic E-state index is 12.1. The van der Waals surface area contributed by atoms with Crippen LogP contribution in [0.1, 0.15) is 10.4 Å². The first kappa shape index (κ1) is 14.1. The molecule has 1 aliphatic heterocycles. The van der Waals surface area contributed by atoms with E-state index in [1.54, 1.807) is 25.2 Å². The van der Waals surface area contributed by atoms with Crippen LogP contribution in [0.2, 0.25) is 5.02 Å². The van der Waals surface area contributed by atoms with Gasteiger partial charge in [0.2, 0.25) is 0 Å². The van der Waals surface area contributed by atoms with Crippen molar-refractivity contribution >= 4 is 23.2 Å². The molecule has 1 atom stereocenters. The zero-order valence-corrected chi connectivity index (χ0v) is 11.5. The van der Waals surface area contributed by atoms with Crippen LogP contribution < -0.4 is 10.6 Å². The van der Waals surface area contributed by atoms with E-state index in [1.165, 1.54) is 0 Å². The number of nitrogens with one attached hydrogen (secondary N) is 2. The van der Waals surface area contributed by atoms with Gasteiger partial charge in [-0.15, -0.1) is 0 Å². The summed E-state index contributed by atoms with van der Waals surface area (Å²) in [5.74, 6) is -0.180. The van der Waals surface area contributed by atoms with Crippen molar-refractivity contribution in [2.24, 2.45) is 0 Å². The lowest BCUT2D eigenvalue weighted by Gasteiger charge is -2.23. The predicted octanol–water partition coefficient (Wildman–Crippen LogP) is 1.53. The molecule has 2 rings (SSSR count). The van der Waals surface area contributed by atoms with E-state index in [4.69, 9.17) is 21.1 Å². The van der Waals surface area contributed by atoms with Crippen molar-refractivity contribution in [1.29, 1.82) is 0 Å². The summed E-state index contributed by atoms with van der Waals surface area (Å²) >= 11 is 5.91. The van der Waals surface area contributed by atoms with E-state index in [9.17, 15) is 4.79 Å². The van der Waals surface area contributed by atoms with Gasteiger partial charge in [-0.3, -0.25) is 4.79 Å². The molecule has 1 saturated heterocycles. The highest BCUT2D eigenvalue weighted by atomic mass is 35.5. The van der Waals surface area contributed by atoms with Crippen molar-refractivity contribution < 1.29 is 14.3 Å². The van der Waals surface area contributed by atoms with Crippen molar-refractivity contribution in [1.82, 2.24) is 5.32 Å². The molecule has 1 aliphatic rings. The van der Waals surface area contributed by atoms with Crippen LogP contribution in [0, 0.1) is 0 Å². The molecule has 1 aromatic rings. The number of hydrogen-bond donors (Lipinski definition) is 2. The Bertz CT molecular complexity index is 448. The smallest absolute Gasteiger partial charge is 0.253 e. The zero-order chi connectivity index (χ0) is 13.7. The minimum atomic E-state index is -0.180. The number of rotatable bonds is 4. The van der Waals surface area contributed by atoms with E-state index >= 15 is 0 Å². The van der Waals surface area contributed by atoms with Gasteiger partial charge < -0.3 is 20.1 Å². The zero-order valence-electron chi connectivity index (χ0n) is 10.7. The quantitative estimate of drug-likeness (QED) is 0.880. The molecule has 5 nitrogen and oxygen atoms in total. The Morgan fingerprint density at radius 3 is 3.00 bits per heavy atom. The molecular formula is C13H17ClN2O3. The highest BCUT2D eigenvalue weighted by molar-refractivity contribution is 6.31. The number of ether oxygens (including phenoxy) is 2. The summed E-state index contributed by atoms with van der Waals surface area (Å²) in [4.78, 5) is 12.1. The second-order valence-corrected chi connectivity index (χ2v) is 4.65. The third kappa shape index (κ3) is 3.83. The van der Waals surface area contributed by atoms with E-state index in [0.29, 0.717) is 37.0 Å². The first-order valence-electron chi connectivity index (χ1n) is 6.15. The molecule has 1 fully saturated rings. The summed E-state index contributed by atoms with van der Waals surface area (Å²) in [5, 5.41) is 6.32. The lowest BCUT2D eigenvalue weighted by Crippen LogP contribution is -2.39. The van der Waals surface area contributed by atoms with Crippen LogP contribution in [-0.2, 0) is 9.47 Å². The predicted molar refractivity (Wildman–Crippen MR) is 73.9 cm³/mol. The van der Waals surface area contributed by atoms with Crippen molar-refractivity contribution in [3.63, 3.8) is 0 Å². The summed E-state index contributed by atoms with van der Waals surface area (Å²) in [5.41, 5.74) is 1.26. The first-order chi connectivity index (χ1) is 9.20. The molecule has 1 aromatic carbocycles. The van der Waals surface area contributed by atoms with Crippen LogP contribution in [-0.4, -0.2) is 45.4 Å². The van der Waals surface area contributed by atoms with Gasteiger partial charge in [0, 0.05) is 24.3 Å². The van der Waals surface area contributed by atoms with E-state index in [1.807, 2.05) is 0 Å². The molecule has 1 amide bonds. The molecule has 0 saturated carbocycles. The standard InChI is InChI=1S/C13H17ClN2O3/c1-15-12-3-2-9(14)6-11(12)13(17)16-7-10-8-18-4-5-19-10/h2-3,6,10,15H,4-5,7-8H2,1H3,(H,16,17). The lowest BCUT2D eigenvalue weighted by atomic mass is 10.1. The highest BCUT2D eigenvalue weighted by Crippen LogP contribution is 2.20. The molecule has 0 aromatic heterocycles. The Hall–Kier alpha value is -1.30. The van der Waals surface area contributed by atoms with Crippen LogP contribution in [0.5, 0.6) is 0 Å². The summed E-state index contributed by atoms with van der Waals surface area (Å²) in [6, 6.07) is 5.15. The first-order valence-corrected chi connectivity index (χ1v) is 6.53. The Morgan fingerprint density at radius 1 is 1.47 bits per heavy atom. The van der Waals surface area contributed by atoms with Gasteiger partial charge in [0.05, 0.1) is 31.5 Å². The number of benzene rings is 1. The largest absolute Gasteiger partial charge is 0.387 e. The van der Waals surface area contributed by atoms with Gasteiger partial charge in [0.15, 0.2) is 0 Å². The fourth-order valence-electron chi connectivity index (χ4n) is 1.88. The van der Waals surface area contributed by atoms with Gasteiger partial charge in [-0.2, -0.15) is 0 Å². The van der Waals surface area contributed by atoms with Crippen LogP contribution >= 0.6 is 11.6 Å². The number of halogens is 1. The normalized spacial score (nSPS) is 18.9. The van der Waals surface area contributed by atoms with Crippen LogP contribution in [0.3, 0.4) is 0 Å². The molecule has 2 N–H and O–H groups in total. The number of anilines is 1. The summed E-state index contributed by atoms with van der Waals surface area (Å²) < 4.78 is 10.7. The van der Waals surface area contributed by atoms with Gasteiger partial charge in [-0.25, -0.2) is 0 Å². The molecule has 0 bridgehead atoms. The minimum absolute atomic E-state index is 0.0880. The van der Waals surface area contributed by atoms with E-state index in [2.05, 4.69) is 10.6 Å². The molecular weight excluding hydrogens is 268 g/mol. The Kier molecular flexibility index (Phi) is 5.01. The fourth-order valence-corrected chi connectivity index (χ4v) is 2.05. The molecule has 1 heterocycles. The monoisotopic (exact) mass is 284 g/mol. The molecule has 0 aliphatic carbocycles. The van der Waals surface area contributed by atoms with E-state index in [0.717, 1.165) is 5.69 Å².